The standard InChI is InChI=1S/C14H11NO5/c1-9-11(15(18)19)6-4-8-12(9)20-13-7-3-2-5-10(13)14(16)17/h2-8H,1H3,(H,16,17). The third kappa shape index (κ3) is 2.59. The Labute approximate surface area is 114 Å². The van der Waals surface area contributed by atoms with Crippen molar-refractivity contribution in [2.75, 3.05) is 0 Å². The Morgan fingerprint density at radius 3 is 2.45 bits per heavy atom. The molecule has 0 amide bonds. The summed E-state index contributed by atoms with van der Waals surface area (Å²) in [5, 5.41) is 19.9. The van der Waals surface area contributed by atoms with Crippen LogP contribution in [0.3, 0.4) is 0 Å². The van der Waals surface area contributed by atoms with Crippen LogP contribution in [0.2, 0.25) is 0 Å². The molecule has 0 aliphatic rings. The van der Waals surface area contributed by atoms with E-state index in [2.05, 4.69) is 0 Å². The van der Waals surface area contributed by atoms with Crippen molar-refractivity contribution < 1.29 is 19.6 Å². The lowest BCUT2D eigenvalue weighted by Crippen LogP contribution is -2.01. The predicted octanol–water partition coefficient (Wildman–Crippen LogP) is 3.39. The van der Waals surface area contributed by atoms with Crippen LogP contribution in [-0.4, -0.2) is 16.0 Å². The fourth-order valence-electron chi connectivity index (χ4n) is 1.76. The van der Waals surface area contributed by atoms with Crippen LogP contribution in [0, 0.1) is 17.0 Å². The van der Waals surface area contributed by atoms with E-state index in [1.807, 2.05) is 0 Å². The molecule has 1 N–H and O–H groups in total. The van der Waals surface area contributed by atoms with Gasteiger partial charge >= 0.3 is 5.97 Å². The summed E-state index contributed by atoms with van der Waals surface area (Å²) in [6, 6.07) is 10.5. The van der Waals surface area contributed by atoms with Gasteiger partial charge in [0.1, 0.15) is 17.1 Å². The Hall–Kier alpha value is -2.89. The Bertz CT molecular complexity index is 681. The van der Waals surface area contributed by atoms with Gasteiger partial charge in [0.15, 0.2) is 0 Å². The first-order chi connectivity index (χ1) is 9.50. The second kappa shape index (κ2) is 5.40. The largest absolute Gasteiger partial charge is 0.478 e. The maximum absolute atomic E-state index is 11.1. The van der Waals surface area contributed by atoms with Gasteiger partial charge in [0.2, 0.25) is 0 Å². The molecule has 0 saturated carbocycles. The number of aromatic carboxylic acids is 1. The summed E-state index contributed by atoms with van der Waals surface area (Å²) >= 11 is 0. The number of nitrogens with zero attached hydrogens (tertiary/aromatic N) is 1. The normalized spacial score (nSPS) is 10.1. The molecule has 102 valence electrons. The number of para-hydroxylation sites is 1. The molecule has 0 aliphatic carbocycles. The molecule has 6 heteroatoms. The highest BCUT2D eigenvalue weighted by Gasteiger charge is 2.17. The fraction of sp³-hybridized carbons (Fsp3) is 0.0714. The van der Waals surface area contributed by atoms with E-state index < -0.39 is 10.9 Å². The van der Waals surface area contributed by atoms with E-state index >= 15 is 0 Å². The Balaban J connectivity index is 2.43. The molecule has 20 heavy (non-hydrogen) atoms. The molecule has 0 spiro atoms. The summed E-state index contributed by atoms with van der Waals surface area (Å²) in [4.78, 5) is 21.4. The van der Waals surface area contributed by atoms with E-state index in [4.69, 9.17) is 9.84 Å². The minimum atomic E-state index is -1.12. The van der Waals surface area contributed by atoms with Crippen LogP contribution in [-0.2, 0) is 0 Å². The molecule has 0 bridgehead atoms. The summed E-state index contributed by atoms with van der Waals surface area (Å²) in [5.74, 6) is -0.722. The average Bonchev–Trinajstić information content (AvgIpc) is 2.41. The summed E-state index contributed by atoms with van der Waals surface area (Å²) < 4.78 is 5.51. The number of hydrogen-bond acceptors (Lipinski definition) is 4. The third-order valence-corrected chi connectivity index (χ3v) is 2.79. The monoisotopic (exact) mass is 273 g/mol. The highest BCUT2D eigenvalue weighted by atomic mass is 16.6. The number of carboxylic acid groups (broad SMARTS) is 1. The number of nitro groups is 1. The van der Waals surface area contributed by atoms with Gasteiger partial charge in [0, 0.05) is 6.07 Å². The van der Waals surface area contributed by atoms with Crippen molar-refractivity contribution in [2.45, 2.75) is 6.92 Å². The van der Waals surface area contributed by atoms with Gasteiger partial charge in [-0.15, -0.1) is 0 Å². The second-order valence-corrected chi connectivity index (χ2v) is 4.06. The SMILES string of the molecule is Cc1c(Oc2ccccc2C(=O)O)cccc1[N+](=O)[O-]. The first-order valence-electron chi connectivity index (χ1n) is 5.75. The lowest BCUT2D eigenvalue weighted by molar-refractivity contribution is -0.385. The first kappa shape index (κ1) is 13.5. The maximum Gasteiger partial charge on any atom is 0.339 e. The zero-order valence-electron chi connectivity index (χ0n) is 10.6. The third-order valence-electron chi connectivity index (χ3n) is 2.79. The zero-order chi connectivity index (χ0) is 14.7. The number of nitro benzene ring substituents is 1. The number of rotatable bonds is 4. The molecule has 0 atom stereocenters. The Morgan fingerprint density at radius 1 is 1.15 bits per heavy atom. The van der Waals surface area contributed by atoms with Gasteiger partial charge in [0.25, 0.3) is 5.69 Å². The van der Waals surface area contributed by atoms with Crippen molar-refractivity contribution in [2.24, 2.45) is 0 Å². The van der Waals surface area contributed by atoms with Crippen molar-refractivity contribution in [3.05, 3.63) is 63.7 Å². The molecule has 2 aromatic rings. The van der Waals surface area contributed by atoms with E-state index in [-0.39, 0.29) is 22.7 Å². The Kier molecular flexibility index (Phi) is 3.65. The van der Waals surface area contributed by atoms with E-state index in [9.17, 15) is 14.9 Å². The Morgan fingerprint density at radius 2 is 1.80 bits per heavy atom. The number of benzene rings is 2. The summed E-state index contributed by atoms with van der Waals surface area (Å²) in [6.45, 7) is 1.55. The van der Waals surface area contributed by atoms with E-state index in [0.717, 1.165) is 0 Å². The van der Waals surface area contributed by atoms with Crippen LogP contribution < -0.4 is 4.74 Å². The highest BCUT2D eigenvalue weighted by molar-refractivity contribution is 5.90. The molecule has 0 saturated heterocycles. The first-order valence-corrected chi connectivity index (χ1v) is 5.75. The van der Waals surface area contributed by atoms with E-state index in [1.165, 1.54) is 24.3 Å². The van der Waals surface area contributed by atoms with Crippen molar-refractivity contribution >= 4 is 11.7 Å². The minimum Gasteiger partial charge on any atom is -0.478 e. The molecule has 0 unspecified atom stereocenters. The number of carboxylic acids is 1. The molecule has 2 rings (SSSR count). The lowest BCUT2D eigenvalue weighted by Gasteiger charge is -2.10. The molecule has 0 aromatic heterocycles. The average molecular weight is 273 g/mol. The number of carbonyl (C=O) groups is 1. The molecule has 2 aromatic carbocycles. The van der Waals surface area contributed by atoms with Gasteiger partial charge in [0.05, 0.1) is 10.5 Å². The topological polar surface area (TPSA) is 89.7 Å². The zero-order valence-corrected chi connectivity index (χ0v) is 10.6. The summed E-state index contributed by atoms with van der Waals surface area (Å²) in [6.07, 6.45) is 0. The van der Waals surface area contributed by atoms with Crippen LogP contribution in [0.4, 0.5) is 5.69 Å². The molecule has 6 nitrogen and oxygen atoms in total. The van der Waals surface area contributed by atoms with Gasteiger partial charge in [-0.2, -0.15) is 0 Å². The molecular weight excluding hydrogens is 262 g/mol. The van der Waals surface area contributed by atoms with Crippen LogP contribution in [0.1, 0.15) is 15.9 Å². The smallest absolute Gasteiger partial charge is 0.339 e. The van der Waals surface area contributed by atoms with Crippen LogP contribution in [0.15, 0.2) is 42.5 Å². The minimum absolute atomic E-state index is 0.00148. The molecule has 0 aliphatic heterocycles. The number of hydrogen-bond donors (Lipinski definition) is 1. The molecule has 0 heterocycles. The quantitative estimate of drug-likeness (QED) is 0.681. The van der Waals surface area contributed by atoms with Gasteiger partial charge in [-0.3, -0.25) is 10.1 Å². The van der Waals surface area contributed by atoms with E-state index in [1.54, 1.807) is 25.1 Å². The highest BCUT2D eigenvalue weighted by Crippen LogP contribution is 2.32. The van der Waals surface area contributed by atoms with Crippen molar-refractivity contribution in [3.63, 3.8) is 0 Å². The van der Waals surface area contributed by atoms with Crippen LogP contribution in [0.5, 0.6) is 11.5 Å². The van der Waals surface area contributed by atoms with Crippen LogP contribution >= 0.6 is 0 Å². The van der Waals surface area contributed by atoms with Gasteiger partial charge in [-0.05, 0) is 25.1 Å². The molecule has 0 radical (unpaired) electrons. The van der Waals surface area contributed by atoms with Crippen molar-refractivity contribution in [3.8, 4) is 11.5 Å². The predicted molar refractivity (Wildman–Crippen MR) is 71.3 cm³/mol. The fourth-order valence-corrected chi connectivity index (χ4v) is 1.76. The van der Waals surface area contributed by atoms with Crippen molar-refractivity contribution in [1.82, 2.24) is 0 Å². The van der Waals surface area contributed by atoms with E-state index in [0.29, 0.717) is 5.56 Å². The second-order valence-electron chi connectivity index (χ2n) is 4.06. The van der Waals surface area contributed by atoms with Gasteiger partial charge in [-0.25, -0.2) is 4.79 Å². The number of ether oxygens (including phenoxy) is 1. The summed E-state index contributed by atoms with van der Waals surface area (Å²) in [7, 11) is 0. The van der Waals surface area contributed by atoms with Gasteiger partial charge in [-0.1, -0.05) is 18.2 Å². The molecule has 0 fully saturated rings. The van der Waals surface area contributed by atoms with Crippen molar-refractivity contribution in [1.29, 1.82) is 0 Å². The summed E-state index contributed by atoms with van der Waals surface area (Å²) in [5.41, 5.74) is 0.270. The lowest BCUT2D eigenvalue weighted by atomic mass is 10.1. The van der Waals surface area contributed by atoms with Gasteiger partial charge < -0.3 is 9.84 Å². The van der Waals surface area contributed by atoms with Crippen LogP contribution in [0.25, 0.3) is 0 Å². The molecular formula is C14H11NO5. The maximum atomic E-state index is 11.1.